The topological polar surface area (TPSA) is 68.2 Å². The van der Waals surface area contributed by atoms with E-state index in [9.17, 15) is 9.59 Å². The molecule has 0 radical (unpaired) electrons. The number of allylic oxidation sites excluding steroid dienone is 2. The number of imide groups is 1. The molecule has 0 spiro atoms. The smallest absolute Gasteiger partial charge is 0.254 e. The molecular weight excluding hydrogens is 424 g/mol. The van der Waals surface area contributed by atoms with Crippen LogP contribution in [0.4, 0.5) is 0 Å². The highest BCUT2D eigenvalue weighted by atomic mass is 79.9. The molecule has 4 unspecified atom stereocenters. The Bertz CT molecular complexity index is 872. The van der Waals surface area contributed by atoms with Gasteiger partial charge in [-0.1, -0.05) is 28.1 Å². The van der Waals surface area contributed by atoms with Crippen molar-refractivity contribution in [3.05, 3.63) is 34.3 Å². The fraction of sp³-hybridized carbons (Fsp3) is 0.476. The SMILES string of the molecule is COc1cc(Br)cc(C=NN2C(=O)C3C4C=CC(C4)C3C2=O)c1OC(C)(C)C. The molecule has 2 bridgehead atoms. The molecule has 2 aliphatic carbocycles. The molecule has 4 atom stereocenters. The monoisotopic (exact) mass is 446 g/mol. The average Bonchev–Trinajstić information content (AvgIpc) is 3.28. The number of hydrazone groups is 1. The molecule has 4 rings (SSSR count). The van der Waals surface area contributed by atoms with Gasteiger partial charge in [0.05, 0.1) is 25.2 Å². The van der Waals surface area contributed by atoms with Gasteiger partial charge in [0, 0.05) is 10.0 Å². The largest absolute Gasteiger partial charge is 0.493 e. The average molecular weight is 447 g/mol. The molecule has 0 aromatic heterocycles. The Morgan fingerprint density at radius 3 is 2.29 bits per heavy atom. The zero-order valence-electron chi connectivity index (χ0n) is 16.3. The summed E-state index contributed by atoms with van der Waals surface area (Å²) >= 11 is 3.46. The van der Waals surface area contributed by atoms with Gasteiger partial charge in [-0.05, 0) is 51.2 Å². The van der Waals surface area contributed by atoms with Crippen LogP contribution in [0.25, 0.3) is 0 Å². The van der Waals surface area contributed by atoms with Crippen molar-refractivity contribution in [3.63, 3.8) is 0 Å². The first-order valence-corrected chi connectivity index (χ1v) is 10.2. The van der Waals surface area contributed by atoms with Gasteiger partial charge in [-0.3, -0.25) is 9.59 Å². The number of methoxy groups -OCH3 is 1. The lowest BCUT2D eigenvalue weighted by Crippen LogP contribution is -2.28. The van der Waals surface area contributed by atoms with Gasteiger partial charge in [0.25, 0.3) is 11.8 Å². The lowest BCUT2D eigenvalue weighted by atomic mass is 9.85. The second-order valence-corrected chi connectivity index (χ2v) is 9.39. The van der Waals surface area contributed by atoms with E-state index in [1.54, 1.807) is 13.2 Å². The zero-order chi connectivity index (χ0) is 20.2. The van der Waals surface area contributed by atoms with E-state index in [1.807, 2.05) is 26.8 Å². The third-order valence-corrected chi connectivity index (χ3v) is 5.89. The van der Waals surface area contributed by atoms with E-state index in [0.29, 0.717) is 17.1 Å². The van der Waals surface area contributed by atoms with Gasteiger partial charge in [-0.2, -0.15) is 10.1 Å². The van der Waals surface area contributed by atoms with Crippen LogP contribution in [-0.4, -0.2) is 35.7 Å². The number of fused-ring (bicyclic) bond motifs is 5. The summed E-state index contributed by atoms with van der Waals surface area (Å²) in [5, 5.41) is 5.30. The van der Waals surface area contributed by atoms with Gasteiger partial charge in [-0.25, -0.2) is 0 Å². The Morgan fingerprint density at radius 2 is 1.75 bits per heavy atom. The number of hydrogen-bond donors (Lipinski definition) is 0. The van der Waals surface area contributed by atoms with E-state index in [1.165, 1.54) is 6.21 Å². The highest BCUT2D eigenvalue weighted by molar-refractivity contribution is 9.10. The molecule has 1 aromatic carbocycles. The van der Waals surface area contributed by atoms with Crippen molar-refractivity contribution in [1.82, 2.24) is 5.01 Å². The van der Waals surface area contributed by atoms with E-state index >= 15 is 0 Å². The number of benzene rings is 1. The third-order valence-electron chi connectivity index (χ3n) is 5.44. The van der Waals surface area contributed by atoms with Crippen LogP contribution >= 0.6 is 15.9 Å². The number of carbonyl (C=O) groups excluding carboxylic acids is 2. The third kappa shape index (κ3) is 3.15. The van der Waals surface area contributed by atoms with Gasteiger partial charge < -0.3 is 9.47 Å². The highest BCUT2D eigenvalue weighted by Gasteiger charge is 2.59. The van der Waals surface area contributed by atoms with Gasteiger partial charge in [-0.15, -0.1) is 0 Å². The molecule has 1 heterocycles. The molecule has 1 saturated heterocycles. The van der Waals surface area contributed by atoms with Crippen molar-refractivity contribution in [2.75, 3.05) is 7.11 Å². The molecule has 1 aliphatic heterocycles. The fourth-order valence-electron chi connectivity index (χ4n) is 4.37. The van der Waals surface area contributed by atoms with Crippen LogP contribution in [-0.2, 0) is 9.59 Å². The van der Waals surface area contributed by atoms with Crippen LogP contribution in [0, 0.1) is 23.7 Å². The highest BCUT2D eigenvalue weighted by Crippen LogP contribution is 2.52. The Kier molecular flexibility index (Phi) is 4.61. The molecule has 1 saturated carbocycles. The molecule has 2 amide bonds. The number of ether oxygens (including phenoxy) is 2. The van der Waals surface area contributed by atoms with E-state index in [0.717, 1.165) is 15.9 Å². The first kappa shape index (κ1) is 19.2. The van der Waals surface area contributed by atoms with Crippen LogP contribution in [0.1, 0.15) is 32.8 Å². The number of rotatable bonds is 4. The first-order valence-electron chi connectivity index (χ1n) is 9.36. The summed E-state index contributed by atoms with van der Waals surface area (Å²) in [5.74, 6) is 0.456. The van der Waals surface area contributed by atoms with Crippen molar-refractivity contribution in [3.8, 4) is 11.5 Å². The van der Waals surface area contributed by atoms with Crippen molar-refractivity contribution >= 4 is 34.0 Å². The summed E-state index contributed by atoms with van der Waals surface area (Å²) in [6.07, 6.45) is 6.54. The first-order chi connectivity index (χ1) is 13.2. The molecule has 6 nitrogen and oxygen atoms in total. The molecule has 7 heteroatoms. The molecule has 148 valence electrons. The van der Waals surface area contributed by atoms with Crippen LogP contribution in [0.15, 0.2) is 33.9 Å². The molecule has 1 aromatic rings. The summed E-state index contributed by atoms with van der Waals surface area (Å²) in [7, 11) is 1.57. The maximum absolute atomic E-state index is 12.8. The van der Waals surface area contributed by atoms with Crippen molar-refractivity contribution in [1.29, 1.82) is 0 Å². The zero-order valence-corrected chi connectivity index (χ0v) is 17.9. The number of halogens is 1. The standard InChI is InChI=1S/C21H23BrN2O4/c1-21(2,3)28-18-13(8-14(22)9-15(18)27-4)10-23-24-19(25)16-11-5-6-12(7-11)17(16)20(24)26/h5-6,8-12,16-17H,7H2,1-4H3. The summed E-state index contributed by atoms with van der Waals surface area (Å²) in [6.45, 7) is 5.81. The second-order valence-electron chi connectivity index (χ2n) is 8.47. The Balaban J connectivity index is 1.66. The lowest BCUT2D eigenvalue weighted by Gasteiger charge is -2.24. The van der Waals surface area contributed by atoms with Crippen LogP contribution in [0.5, 0.6) is 11.5 Å². The van der Waals surface area contributed by atoms with Crippen molar-refractivity contribution < 1.29 is 19.1 Å². The quantitative estimate of drug-likeness (QED) is 0.400. The lowest BCUT2D eigenvalue weighted by molar-refractivity contribution is -0.140. The molecule has 28 heavy (non-hydrogen) atoms. The van der Waals surface area contributed by atoms with Gasteiger partial charge >= 0.3 is 0 Å². The normalized spacial score (nSPS) is 28.5. The predicted molar refractivity (Wildman–Crippen MR) is 108 cm³/mol. The number of amides is 2. The second kappa shape index (κ2) is 6.72. The predicted octanol–water partition coefficient (Wildman–Crippen LogP) is 3.78. The Labute approximate surface area is 172 Å². The number of carbonyl (C=O) groups is 2. The summed E-state index contributed by atoms with van der Waals surface area (Å²) < 4.78 is 12.3. The Hall–Kier alpha value is -2.15. The molecule has 0 N–H and O–H groups in total. The molecule has 3 aliphatic rings. The minimum atomic E-state index is -0.453. The van der Waals surface area contributed by atoms with Crippen LogP contribution < -0.4 is 9.47 Å². The number of nitrogens with zero attached hydrogens (tertiary/aromatic N) is 2. The summed E-state index contributed by atoms with van der Waals surface area (Å²) in [5.41, 5.74) is 0.171. The maximum Gasteiger partial charge on any atom is 0.254 e. The molecular formula is C21H23BrN2O4. The van der Waals surface area contributed by atoms with Gasteiger partial charge in [0.2, 0.25) is 0 Å². The van der Waals surface area contributed by atoms with Crippen LogP contribution in [0.3, 0.4) is 0 Å². The molecule has 2 fully saturated rings. The van der Waals surface area contributed by atoms with E-state index in [2.05, 4.69) is 33.2 Å². The van der Waals surface area contributed by atoms with Gasteiger partial charge in [0.1, 0.15) is 5.60 Å². The van der Waals surface area contributed by atoms with Crippen molar-refractivity contribution in [2.24, 2.45) is 28.8 Å². The summed E-state index contributed by atoms with van der Waals surface area (Å²) in [4.78, 5) is 25.6. The number of hydrogen-bond acceptors (Lipinski definition) is 5. The van der Waals surface area contributed by atoms with E-state index in [-0.39, 0.29) is 35.5 Å². The maximum atomic E-state index is 12.8. The van der Waals surface area contributed by atoms with E-state index in [4.69, 9.17) is 9.47 Å². The van der Waals surface area contributed by atoms with Crippen molar-refractivity contribution in [2.45, 2.75) is 32.8 Å². The minimum Gasteiger partial charge on any atom is -0.493 e. The summed E-state index contributed by atoms with van der Waals surface area (Å²) in [6, 6.07) is 3.63. The van der Waals surface area contributed by atoms with E-state index < -0.39 is 5.60 Å². The minimum absolute atomic E-state index is 0.164. The fourth-order valence-corrected chi connectivity index (χ4v) is 4.83. The van der Waals surface area contributed by atoms with Crippen LogP contribution in [0.2, 0.25) is 0 Å². The van der Waals surface area contributed by atoms with Gasteiger partial charge in [0.15, 0.2) is 11.5 Å². The Morgan fingerprint density at radius 1 is 1.14 bits per heavy atom.